The number of nitriles is 1. The lowest BCUT2D eigenvalue weighted by atomic mass is 10.2. The molecule has 0 amide bonds. The third-order valence-corrected chi connectivity index (χ3v) is 5.38. The Morgan fingerprint density at radius 1 is 1.09 bits per heavy atom. The van der Waals surface area contributed by atoms with Gasteiger partial charge >= 0.3 is 0 Å². The lowest BCUT2D eigenvalue weighted by molar-refractivity contribution is 0.301. The third kappa shape index (κ3) is 5.67. The van der Waals surface area contributed by atoms with Crippen molar-refractivity contribution < 1.29 is 9.47 Å². The Balaban J connectivity index is 1.46. The zero-order valence-corrected chi connectivity index (χ0v) is 19.4. The Kier molecular flexibility index (Phi) is 7.18. The molecule has 0 saturated carbocycles. The van der Waals surface area contributed by atoms with Gasteiger partial charge in [-0.3, -0.25) is 5.10 Å². The second-order valence-corrected chi connectivity index (χ2v) is 8.16. The lowest BCUT2D eigenvalue weighted by Crippen LogP contribution is -2.02. The number of rotatable bonds is 9. The first-order valence-corrected chi connectivity index (χ1v) is 11.2. The predicted octanol–water partition coefficient (Wildman–Crippen LogP) is 6.72. The smallest absolute Gasteiger partial charge is 0.183 e. The third-order valence-electron chi connectivity index (χ3n) is 4.85. The highest BCUT2D eigenvalue weighted by Gasteiger charge is 2.11. The second kappa shape index (κ2) is 10.4. The molecule has 33 heavy (non-hydrogen) atoms. The van der Waals surface area contributed by atoms with Gasteiger partial charge in [-0.1, -0.05) is 36.5 Å². The molecule has 7 nitrogen and oxygen atoms in total. The minimum Gasteiger partial charge on any atom is -0.487 e. The van der Waals surface area contributed by atoms with Crippen LogP contribution < -0.4 is 14.8 Å². The van der Waals surface area contributed by atoms with Gasteiger partial charge in [0.25, 0.3) is 0 Å². The molecule has 2 aromatic heterocycles. The molecule has 2 heterocycles. The molecule has 2 aromatic carbocycles. The van der Waals surface area contributed by atoms with Crippen LogP contribution in [0.25, 0.3) is 11.0 Å². The van der Waals surface area contributed by atoms with Crippen LogP contribution in [0.2, 0.25) is 10.0 Å². The molecule has 2 N–H and O–H groups in total. The summed E-state index contributed by atoms with van der Waals surface area (Å²) in [5, 5.41) is 21.4. The highest BCUT2D eigenvalue weighted by Crippen LogP contribution is 2.34. The molecule has 0 bridgehead atoms. The van der Waals surface area contributed by atoms with E-state index in [1.807, 2.05) is 18.2 Å². The standard InChI is InChI=1S/C24H21Cl2N5O2/c1-2-3-8-28-23-7-5-19-21(30-31-24(19)29-23)14-32-17-4-6-20(26)22(12-17)33-18-10-15(13-27)9-16(25)11-18/h4-7,9-12H,2-3,8,14H2,1H3,(H2,28,29,30,31). The maximum atomic E-state index is 9.12. The van der Waals surface area contributed by atoms with Crippen molar-refractivity contribution >= 4 is 40.1 Å². The van der Waals surface area contributed by atoms with Gasteiger partial charge in [0.15, 0.2) is 5.65 Å². The van der Waals surface area contributed by atoms with E-state index in [2.05, 4.69) is 27.4 Å². The van der Waals surface area contributed by atoms with Gasteiger partial charge in [-0.15, -0.1) is 0 Å². The number of benzene rings is 2. The van der Waals surface area contributed by atoms with E-state index in [9.17, 15) is 0 Å². The largest absolute Gasteiger partial charge is 0.487 e. The van der Waals surface area contributed by atoms with Crippen molar-refractivity contribution in [1.29, 1.82) is 5.26 Å². The van der Waals surface area contributed by atoms with Gasteiger partial charge in [-0.25, -0.2) is 4.98 Å². The van der Waals surface area contributed by atoms with E-state index in [1.54, 1.807) is 36.4 Å². The van der Waals surface area contributed by atoms with Crippen molar-refractivity contribution in [2.24, 2.45) is 0 Å². The number of ether oxygens (including phenoxy) is 2. The van der Waals surface area contributed by atoms with Crippen LogP contribution in [0.5, 0.6) is 17.2 Å². The number of hydrogen-bond donors (Lipinski definition) is 2. The van der Waals surface area contributed by atoms with Crippen molar-refractivity contribution in [3.63, 3.8) is 0 Å². The van der Waals surface area contributed by atoms with Crippen LogP contribution in [0.3, 0.4) is 0 Å². The first kappa shape index (κ1) is 22.7. The van der Waals surface area contributed by atoms with Crippen LogP contribution in [0.4, 0.5) is 5.82 Å². The number of hydrogen-bond acceptors (Lipinski definition) is 6. The van der Waals surface area contributed by atoms with Crippen molar-refractivity contribution in [1.82, 2.24) is 15.2 Å². The average molecular weight is 482 g/mol. The van der Waals surface area contributed by atoms with Gasteiger partial charge in [0.1, 0.15) is 29.7 Å². The molecule has 0 radical (unpaired) electrons. The molecule has 9 heteroatoms. The summed E-state index contributed by atoms with van der Waals surface area (Å²) >= 11 is 12.3. The molecule has 0 fully saturated rings. The van der Waals surface area contributed by atoms with Crippen LogP contribution in [-0.2, 0) is 6.61 Å². The molecule has 4 rings (SSSR count). The molecule has 0 aliphatic heterocycles. The first-order valence-electron chi connectivity index (χ1n) is 10.4. The summed E-state index contributed by atoms with van der Waals surface area (Å²) in [7, 11) is 0. The Labute approximate surface area is 201 Å². The molecule has 4 aromatic rings. The number of H-pyrrole nitrogens is 1. The maximum absolute atomic E-state index is 9.12. The van der Waals surface area contributed by atoms with E-state index in [1.165, 1.54) is 0 Å². The summed E-state index contributed by atoms with van der Waals surface area (Å²) in [5.41, 5.74) is 1.83. The van der Waals surface area contributed by atoms with Crippen molar-refractivity contribution in [3.8, 4) is 23.3 Å². The molecular formula is C24H21Cl2N5O2. The average Bonchev–Trinajstić information content (AvgIpc) is 3.21. The minimum absolute atomic E-state index is 0.262. The van der Waals surface area contributed by atoms with Gasteiger partial charge in [-0.05, 0) is 48.9 Å². The van der Waals surface area contributed by atoms with E-state index in [-0.39, 0.29) is 6.61 Å². The van der Waals surface area contributed by atoms with Gasteiger partial charge in [-0.2, -0.15) is 10.4 Å². The summed E-state index contributed by atoms with van der Waals surface area (Å²) in [6.07, 6.45) is 2.21. The molecule has 0 unspecified atom stereocenters. The first-order chi connectivity index (χ1) is 16.1. The number of unbranched alkanes of at least 4 members (excludes halogenated alkanes) is 1. The number of nitrogens with zero attached hydrogens (tertiary/aromatic N) is 3. The summed E-state index contributed by atoms with van der Waals surface area (Å²) in [6.45, 7) is 3.29. The molecular weight excluding hydrogens is 461 g/mol. The van der Waals surface area contributed by atoms with Crippen molar-refractivity contribution in [3.05, 3.63) is 69.8 Å². The summed E-state index contributed by atoms with van der Waals surface area (Å²) in [6, 6.07) is 15.8. The molecule has 168 valence electrons. The van der Waals surface area contributed by atoms with Gasteiger partial charge in [0.05, 0.1) is 22.3 Å². The Hall–Kier alpha value is -3.47. The fourth-order valence-electron chi connectivity index (χ4n) is 3.17. The molecule has 0 aliphatic carbocycles. The number of nitrogens with one attached hydrogen (secondary N) is 2. The molecule has 0 saturated heterocycles. The Bertz CT molecular complexity index is 1320. The summed E-state index contributed by atoms with van der Waals surface area (Å²) in [4.78, 5) is 4.54. The van der Waals surface area contributed by atoms with Crippen LogP contribution in [-0.4, -0.2) is 21.7 Å². The molecule has 0 atom stereocenters. The van der Waals surface area contributed by atoms with E-state index in [0.29, 0.717) is 38.5 Å². The van der Waals surface area contributed by atoms with Gasteiger partial charge in [0.2, 0.25) is 0 Å². The van der Waals surface area contributed by atoms with Crippen LogP contribution >= 0.6 is 23.2 Å². The minimum atomic E-state index is 0.262. The lowest BCUT2D eigenvalue weighted by Gasteiger charge is -2.11. The predicted molar refractivity (Wildman–Crippen MR) is 129 cm³/mol. The second-order valence-electron chi connectivity index (χ2n) is 7.32. The summed E-state index contributed by atoms with van der Waals surface area (Å²) in [5.74, 6) is 2.16. The normalized spacial score (nSPS) is 10.7. The van der Waals surface area contributed by atoms with Crippen LogP contribution in [0.15, 0.2) is 48.5 Å². The fraction of sp³-hybridized carbons (Fsp3) is 0.208. The Morgan fingerprint density at radius 2 is 1.97 bits per heavy atom. The summed E-state index contributed by atoms with van der Waals surface area (Å²) < 4.78 is 11.8. The van der Waals surface area contributed by atoms with E-state index in [0.717, 1.165) is 36.3 Å². The number of fused-ring (bicyclic) bond motifs is 1. The number of pyridine rings is 1. The van der Waals surface area contributed by atoms with Gasteiger partial charge in [0, 0.05) is 23.0 Å². The quantitative estimate of drug-likeness (QED) is 0.257. The highest BCUT2D eigenvalue weighted by molar-refractivity contribution is 6.32. The Morgan fingerprint density at radius 3 is 2.79 bits per heavy atom. The van der Waals surface area contributed by atoms with E-state index in [4.69, 9.17) is 37.9 Å². The number of halogens is 2. The molecule has 0 spiro atoms. The van der Waals surface area contributed by atoms with Crippen molar-refractivity contribution in [2.45, 2.75) is 26.4 Å². The van der Waals surface area contributed by atoms with Crippen molar-refractivity contribution in [2.75, 3.05) is 11.9 Å². The number of aromatic amines is 1. The van der Waals surface area contributed by atoms with Crippen LogP contribution in [0, 0.1) is 11.3 Å². The monoisotopic (exact) mass is 481 g/mol. The zero-order chi connectivity index (χ0) is 23.2. The number of aromatic nitrogens is 3. The highest BCUT2D eigenvalue weighted by atomic mass is 35.5. The number of anilines is 1. The van der Waals surface area contributed by atoms with E-state index >= 15 is 0 Å². The SMILES string of the molecule is CCCCNc1ccc2c(COc3ccc(Cl)c(Oc4cc(Cl)cc(C#N)c4)c3)[nH]nc2n1. The zero-order valence-electron chi connectivity index (χ0n) is 17.9. The maximum Gasteiger partial charge on any atom is 0.183 e. The fourth-order valence-corrected chi connectivity index (χ4v) is 3.55. The topological polar surface area (TPSA) is 95.8 Å². The van der Waals surface area contributed by atoms with Gasteiger partial charge < -0.3 is 14.8 Å². The van der Waals surface area contributed by atoms with E-state index < -0.39 is 0 Å². The molecule has 0 aliphatic rings. The van der Waals surface area contributed by atoms with Crippen LogP contribution in [0.1, 0.15) is 31.0 Å².